The first-order valence-electron chi connectivity index (χ1n) is 9.41. The van der Waals surface area contributed by atoms with E-state index in [1.54, 1.807) is 60.7 Å². The largest absolute Gasteiger partial charge is 0.457 e. The smallest absolute Gasteiger partial charge is 0.348 e. The van der Waals surface area contributed by atoms with Gasteiger partial charge < -0.3 is 9.84 Å². The van der Waals surface area contributed by atoms with E-state index in [1.165, 1.54) is 21.9 Å². The Morgan fingerprint density at radius 2 is 1.70 bits per heavy atom. The fraction of sp³-hybridized carbons (Fsp3) is 0.182. The number of fused-ring (bicyclic) bond motifs is 1. The number of hydrogen-bond donors (Lipinski definition) is 1. The van der Waals surface area contributed by atoms with E-state index in [-0.39, 0.29) is 12.2 Å². The lowest BCUT2D eigenvalue weighted by Gasteiger charge is -2.27. The van der Waals surface area contributed by atoms with E-state index in [2.05, 4.69) is 10.1 Å². The zero-order chi connectivity index (χ0) is 21.1. The zero-order valence-corrected chi connectivity index (χ0v) is 17.0. The van der Waals surface area contributed by atoms with Gasteiger partial charge in [0.1, 0.15) is 11.6 Å². The van der Waals surface area contributed by atoms with Crippen molar-refractivity contribution in [1.82, 2.24) is 14.6 Å². The quantitative estimate of drug-likeness (QED) is 0.481. The maximum absolute atomic E-state index is 13.0. The summed E-state index contributed by atoms with van der Waals surface area (Å²) in [4.78, 5) is 30.1. The molecule has 30 heavy (non-hydrogen) atoms. The van der Waals surface area contributed by atoms with Crippen molar-refractivity contribution in [2.24, 2.45) is 0 Å². The summed E-state index contributed by atoms with van der Waals surface area (Å²) in [5.41, 5.74) is -1.26. The number of aryl methyl sites for hydroxylation is 1. The van der Waals surface area contributed by atoms with Crippen LogP contribution in [0.2, 0.25) is 0 Å². The van der Waals surface area contributed by atoms with Crippen molar-refractivity contribution in [1.29, 1.82) is 0 Å². The Morgan fingerprint density at radius 1 is 1.10 bits per heavy atom. The van der Waals surface area contributed by atoms with E-state index in [0.29, 0.717) is 28.2 Å². The van der Waals surface area contributed by atoms with Gasteiger partial charge in [-0.25, -0.2) is 9.78 Å². The highest BCUT2D eigenvalue weighted by atomic mass is 32.1. The summed E-state index contributed by atoms with van der Waals surface area (Å²) in [7, 11) is 0. The van der Waals surface area contributed by atoms with Gasteiger partial charge in [-0.2, -0.15) is 9.61 Å². The third kappa shape index (κ3) is 3.62. The number of carbonyl (C=O) groups excluding carboxylic acids is 1. The van der Waals surface area contributed by atoms with E-state index < -0.39 is 11.6 Å². The van der Waals surface area contributed by atoms with Crippen LogP contribution in [-0.4, -0.2) is 25.7 Å². The number of hydrogen-bond acceptors (Lipinski definition) is 7. The highest BCUT2D eigenvalue weighted by Gasteiger charge is 2.41. The molecule has 2 heterocycles. The minimum atomic E-state index is -1.98. The molecule has 0 aliphatic carbocycles. The molecule has 0 saturated heterocycles. The molecule has 2 aromatic heterocycles. The molecule has 0 amide bonds. The first-order valence-corrected chi connectivity index (χ1v) is 10.2. The van der Waals surface area contributed by atoms with Crippen molar-refractivity contribution in [3.8, 4) is 0 Å². The lowest BCUT2D eigenvalue weighted by atomic mass is 9.86. The predicted octanol–water partition coefficient (Wildman–Crippen LogP) is 2.69. The Bertz CT molecular complexity index is 1200. The molecule has 0 bridgehead atoms. The molecule has 4 aromatic rings. The van der Waals surface area contributed by atoms with Crippen LogP contribution < -0.4 is 5.56 Å². The molecule has 0 aliphatic heterocycles. The summed E-state index contributed by atoms with van der Waals surface area (Å²) >= 11 is 1.31. The Labute approximate surface area is 176 Å². The summed E-state index contributed by atoms with van der Waals surface area (Å²) in [5, 5.41) is 16.4. The van der Waals surface area contributed by atoms with Crippen LogP contribution in [0.1, 0.15) is 28.8 Å². The molecule has 152 valence electrons. The first kappa shape index (κ1) is 19.9. The Balaban J connectivity index is 1.64. The van der Waals surface area contributed by atoms with Gasteiger partial charge >= 0.3 is 5.97 Å². The van der Waals surface area contributed by atoms with Crippen LogP contribution in [0.5, 0.6) is 0 Å². The molecule has 0 aliphatic rings. The van der Waals surface area contributed by atoms with Gasteiger partial charge in [0.05, 0.1) is 5.69 Å². The van der Waals surface area contributed by atoms with Crippen LogP contribution in [0.4, 0.5) is 0 Å². The van der Waals surface area contributed by atoms with Crippen LogP contribution in [0.15, 0.2) is 71.5 Å². The molecule has 0 radical (unpaired) electrons. The Hall–Kier alpha value is -3.36. The summed E-state index contributed by atoms with van der Waals surface area (Å²) < 4.78 is 6.66. The molecule has 0 atom stereocenters. The highest BCUT2D eigenvalue weighted by molar-refractivity contribution is 7.16. The average molecular weight is 421 g/mol. The van der Waals surface area contributed by atoms with Gasteiger partial charge in [0.25, 0.3) is 5.56 Å². The maximum atomic E-state index is 13.0. The molecule has 0 spiro atoms. The van der Waals surface area contributed by atoms with Gasteiger partial charge in [0, 0.05) is 6.07 Å². The molecular formula is C22H19N3O4S. The number of ether oxygens (including phenoxy) is 1. The lowest BCUT2D eigenvalue weighted by Crippen LogP contribution is -2.38. The standard InChI is InChI=1S/C22H19N3O4S/c1-2-18-24-25-19(26)13-17(23-21(25)30-18)14-29-20(27)22(28,15-9-5-3-6-10-15)16-11-7-4-8-12-16/h3-13,28H,2,14H2,1H3. The topological polar surface area (TPSA) is 93.8 Å². The van der Waals surface area contributed by atoms with E-state index in [0.717, 1.165) is 5.01 Å². The van der Waals surface area contributed by atoms with E-state index >= 15 is 0 Å². The summed E-state index contributed by atoms with van der Waals surface area (Å²) in [5.74, 6) is -0.847. The second-order valence-corrected chi connectivity index (χ2v) is 7.69. The van der Waals surface area contributed by atoms with Crippen molar-refractivity contribution < 1.29 is 14.6 Å². The van der Waals surface area contributed by atoms with Gasteiger partial charge in [0.15, 0.2) is 0 Å². The SMILES string of the molecule is CCc1nn2c(=O)cc(COC(=O)C(O)(c3ccccc3)c3ccccc3)nc2s1. The fourth-order valence-electron chi connectivity index (χ4n) is 3.12. The van der Waals surface area contributed by atoms with E-state index in [4.69, 9.17) is 4.74 Å². The van der Waals surface area contributed by atoms with Crippen molar-refractivity contribution in [2.45, 2.75) is 25.6 Å². The van der Waals surface area contributed by atoms with E-state index in [9.17, 15) is 14.7 Å². The normalized spacial score (nSPS) is 11.5. The molecule has 4 rings (SSSR count). The molecular weight excluding hydrogens is 402 g/mol. The van der Waals surface area contributed by atoms with Crippen LogP contribution in [0, 0.1) is 0 Å². The van der Waals surface area contributed by atoms with Crippen LogP contribution >= 0.6 is 11.3 Å². The van der Waals surface area contributed by atoms with Crippen molar-refractivity contribution in [3.63, 3.8) is 0 Å². The number of carbonyl (C=O) groups is 1. The van der Waals surface area contributed by atoms with Crippen LogP contribution in [0.25, 0.3) is 4.96 Å². The molecule has 2 aromatic carbocycles. The molecule has 0 fully saturated rings. The lowest BCUT2D eigenvalue weighted by molar-refractivity contribution is -0.163. The average Bonchev–Trinajstić information content (AvgIpc) is 3.22. The minimum absolute atomic E-state index is 0.244. The van der Waals surface area contributed by atoms with Crippen LogP contribution in [-0.2, 0) is 28.2 Å². The second-order valence-electron chi connectivity index (χ2n) is 6.65. The molecule has 0 saturated carbocycles. The Kier molecular flexibility index (Phi) is 5.43. The predicted molar refractivity (Wildman–Crippen MR) is 112 cm³/mol. The van der Waals surface area contributed by atoms with Crippen LogP contribution in [0.3, 0.4) is 0 Å². The molecule has 0 unspecified atom stereocenters. The number of aromatic nitrogens is 3. The third-order valence-corrected chi connectivity index (χ3v) is 5.72. The zero-order valence-electron chi connectivity index (χ0n) is 16.2. The van der Waals surface area contributed by atoms with Gasteiger partial charge in [-0.1, -0.05) is 78.9 Å². The summed E-state index contributed by atoms with van der Waals surface area (Å²) in [6.45, 7) is 1.70. The van der Waals surface area contributed by atoms with Gasteiger partial charge in [0.2, 0.25) is 10.6 Å². The van der Waals surface area contributed by atoms with Gasteiger partial charge in [-0.15, -0.1) is 0 Å². The highest BCUT2D eigenvalue weighted by Crippen LogP contribution is 2.31. The second kappa shape index (κ2) is 8.17. The number of nitrogens with zero attached hydrogens (tertiary/aromatic N) is 3. The summed E-state index contributed by atoms with van der Waals surface area (Å²) in [6, 6.07) is 18.5. The minimum Gasteiger partial charge on any atom is -0.457 e. The molecule has 8 heteroatoms. The monoisotopic (exact) mass is 421 g/mol. The van der Waals surface area contributed by atoms with Crippen molar-refractivity contribution >= 4 is 22.3 Å². The Morgan fingerprint density at radius 3 is 2.27 bits per heavy atom. The number of rotatable bonds is 6. The van der Waals surface area contributed by atoms with Gasteiger partial charge in [-0.3, -0.25) is 4.79 Å². The number of benzene rings is 2. The van der Waals surface area contributed by atoms with Crippen molar-refractivity contribution in [3.05, 3.63) is 98.9 Å². The third-order valence-electron chi connectivity index (χ3n) is 4.67. The first-order chi connectivity index (χ1) is 14.5. The summed E-state index contributed by atoms with van der Waals surface area (Å²) in [6.07, 6.45) is 0.693. The molecule has 7 nitrogen and oxygen atoms in total. The number of aliphatic hydroxyl groups is 1. The number of esters is 1. The molecule has 1 N–H and O–H groups in total. The van der Waals surface area contributed by atoms with Gasteiger partial charge in [-0.05, 0) is 17.5 Å². The van der Waals surface area contributed by atoms with E-state index in [1.807, 2.05) is 6.92 Å². The van der Waals surface area contributed by atoms with Crippen molar-refractivity contribution in [2.75, 3.05) is 0 Å². The fourth-order valence-corrected chi connectivity index (χ4v) is 3.98. The maximum Gasteiger partial charge on any atom is 0.348 e.